The third-order valence-electron chi connectivity index (χ3n) is 1.60. The van der Waals surface area contributed by atoms with E-state index in [0.717, 1.165) is 19.6 Å². The normalized spacial score (nSPS) is 21.8. The number of hydrogen-bond acceptors (Lipinski definition) is 2. The lowest BCUT2D eigenvalue weighted by Crippen LogP contribution is -2.47. The molecular formula is C7H14N2+. The molecule has 2 heteroatoms. The van der Waals surface area contributed by atoms with Crippen molar-refractivity contribution in [1.29, 1.82) is 0 Å². The summed E-state index contributed by atoms with van der Waals surface area (Å²) in [5.74, 6) is 0. The van der Waals surface area contributed by atoms with Crippen LogP contribution in [-0.4, -0.2) is 32.7 Å². The van der Waals surface area contributed by atoms with Gasteiger partial charge in [-0.05, 0) is 6.08 Å². The average molecular weight is 126 g/mol. The lowest BCUT2D eigenvalue weighted by molar-refractivity contribution is 0.380. The van der Waals surface area contributed by atoms with Crippen LogP contribution in [-0.2, 0) is 0 Å². The van der Waals surface area contributed by atoms with Crippen LogP contribution in [0.5, 0.6) is 0 Å². The third-order valence-corrected chi connectivity index (χ3v) is 1.60. The quantitative estimate of drug-likeness (QED) is 0.404. The Bertz CT molecular complexity index is 84.9. The minimum atomic E-state index is 1.04. The van der Waals surface area contributed by atoms with Crippen LogP contribution in [0.2, 0.25) is 0 Å². The molecule has 0 unspecified atom stereocenters. The van der Waals surface area contributed by atoms with Crippen molar-refractivity contribution in [2.45, 2.75) is 0 Å². The Morgan fingerprint density at radius 1 is 1.44 bits per heavy atom. The van der Waals surface area contributed by atoms with E-state index < -0.39 is 0 Å². The van der Waals surface area contributed by atoms with Gasteiger partial charge in [-0.25, -0.2) is 0 Å². The Hall–Kier alpha value is -0.340. The lowest BCUT2D eigenvalue weighted by atomic mass is 10.3. The van der Waals surface area contributed by atoms with Crippen molar-refractivity contribution in [1.82, 2.24) is 10.2 Å². The molecule has 0 saturated carbocycles. The highest BCUT2D eigenvalue weighted by Gasteiger charge is 2.15. The summed E-state index contributed by atoms with van der Waals surface area (Å²) < 4.78 is 0. The van der Waals surface area contributed by atoms with Crippen LogP contribution in [0.1, 0.15) is 0 Å². The number of rotatable bonds is 2. The zero-order chi connectivity index (χ0) is 6.53. The van der Waals surface area contributed by atoms with Gasteiger partial charge in [0.05, 0.1) is 0 Å². The summed E-state index contributed by atoms with van der Waals surface area (Å²) in [6.45, 7) is 9.35. The molecule has 0 spiro atoms. The Morgan fingerprint density at radius 2 is 2.11 bits per heavy atom. The highest BCUT2D eigenvalue weighted by atomic mass is 15.2. The molecule has 1 aliphatic heterocycles. The summed E-state index contributed by atoms with van der Waals surface area (Å²) in [7, 11) is 0. The fraction of sp³-hybridized carbons (Fsp3) is 0.714. The van der Waals surface area contributed by atoms with Crippen molar-refractivity contribution >= 4 is 0 Å². The molecule has 0 bridgehead atoms. The van der Waals surface area contributed by atoms with Gasteiger partial charge in [0.25, 0.3) is 0 Å². The van der Waals surface area contributed by atoms with Crippen molar-refractivity contribution < 1.29 is 0 Å². The number of nitrogens with zero attached hydrogens (tertiary/aromatic N) is 1. The van der Waals surface area contributed by atoms with Crippen LogP contribution < -0.4 is 10.2 Å². The first-order valence-electron chi connectivity index (χ1n) is 3.47. The zero-order valence-corrected chi connectivity index (χ0v) is 5.77. The molecular weight excluding hydrogens is 112 g/mol. The molecule has 0 atom stereocenters. The van der Waals surface area contributed by atoms with Gasteiger partial charge >= 0.3 is 0 Å². The van der Waals surface area contributed by atoms with E-state index in [-0.39, 0.29) is 0 Å². The Balaban J connectivity index is 2.15. The van der Waals surface area contributed by atoms with E-state index in [1.807, 2.05) is 6.08 Å². The summed E-state index contributed by atoms with van der Waals surface area (Å²) in [5.41, 5.74) is 0. The standard InChI is InChI=1S/C7H14N2/c1-2-5-9-6-3-8-4-7-9/h2,8H,1,3-7H2/q+1. The fourth-order valence-corrected chi connectivity index (χ4v) is 1.08. The van der Waals surface area contributed by atoms with Gasteiger partial charge in [0, 0.05) is 13.1 Å². The molecule has 1 rings (SSSR count). The smallest absolute Gasteiger partial charge is 0.141 e. The number of hydrogen-bond donors (Lipinski definition) is 1. The zero-order valence-electron chi connectivity index (χ0n) is 5.77. The van der Waals surface area contributed by atoms with Gasteiger partial charge in [-0.1, -0.05) is 6.58 Å². The first-order chi connectivity index (χ1) is 4.43. The second kappa shape index (κ2) is 3.64. The van der Waals surface area contributed by atoms with Gasteiger partial charge in [0.1, 0.15) is 19.6 Å². The van der Waals surface area contributed by atoms with Gasteiger partial charge < -0.3 is 5.32 Å². The van der Waals surface area contributed by atoms with E-state index in [2.05, 4.69) is 16.8 Å². The molecule has 1 radical (unpaired) electrons. The van der Waals surface area contributed by atoms with Crippen molar-refractivity contribution in [3.8, 4) is 0 Å². The molecule has 0 aromatic carbocycles. The average Bonchev–Trinajstić information content (AvgIpc) is 1.91. The molecule has 1 N–H and O–H groups in total. The summed E-state index contributed by atoms with van der Waals surface area (Å²) in [4.78, 5) is 2.39. The summed E-state index contributed by atoms with van der Waals surface area (Å²) >= 11 is 0. The second-order valence-corrected chi connectivity index (χ2v) is 2.34. The molecule has 1 fully saturated rings. The Kier molecular flexibility index (Phi) is 2.74. The molecule has 9 heavy (non-hydrogen) atoms. The van der Waals surface area contributed by atoms with Gasteiger partial charge in [-0.15, -0.1) is 0 Å². The van der Waals surface area contributed by atoms with E-state index in [1.54, 1.807) is 0 Å². The van der Waals surface area contributed by atoms with Gasteiger partial charge in [0.15, 0.2) is 0 Å². The molecule has 0 aromatic heterocycles. The van der Waals surface area contributed by atoms with E-state index in [0.29, 0.717) is 0 Å². The maximum absolute atomic E-state index is 3.69. The number of nitrogens with one attached hydrogen (secondary N) is 1. The van der Waals surface area contributed by atoms with E-state index in [1.165, 1.54) is 13.1 Å². The minimum absolute atomic E-state index is 1.04. The lowest BCUT2D eigenvalue weighted by Gasteiger charge is -2.16. The van der Waals surface area contributed by atoms with Gasteiger partial charge in [-0.2, -0.15) is 4.90 Å². The molecule has 1 saturated heterocycles. The van der Waals surface area contributed by atoms with Crippen molar-refractivity contribution in [2.75, 3.05) is 32.7 Å². The first-order valence-corrected chi connectivity index (χ1v) is 3.47. The van der Waals surface area contributed by atoms with Gasteiger partial charge in [-0.3, -0.25) is 0 Å². The van der Waals surface area contributed by atoms with Crippen molar-refractivity contribution in [3.63, 3.8) is 0 Å². The van der Waals surface area contributed by atoms with E-state index >= 15 is 0 Å². The molecule has 0 amide bonds. The summed E-state index contributed by atoms with van der Waals surface area (Å²) in [5, 5.41) is 3.30. The topological polar surface area (TPSA) is 17.9 Å². The van der Waals surface area contributed by atoms with Crippen molar-refractivity contribution in [3.05, 3.63) is 12.7 Å². The maximum atomic E-state index is 3.69. The van der Waals surface area contributed by atoms with Gasteiger partial charge in [0.2, 0.25) is 0 Å². The molecule has 51 valence electrons. The molecule has 2 nitrogen and oxygen atoms in total. The van der Waals surface area contributed by atoms with E-state index in [9.17, 15) is 0 Å². The van der Waals surface area contributed by atoms with Crippen LogP contribution in [0.3, 0.4) is 0 Å². The molecule has 0 aliphatic carbocycles. The highest BCUT2D eigenvalue weighted by molar-refractivity contribution is 4.80. The largest absolute Gasteiger partial charge is 0.306 e. The van der Waals surface area contributed by atoms with E-state index in [4.69, 9.17) is 0 Å². The molecule has 1 aliphatic rings. The maximum Gasteiger partial charge on any atom is 0.141 e. The van der Waals surface area contributed by atoms with Crippen LogP contribution in [0.25, 0.3) is 0 Å². The van der Waals surface area contributed by atoms with Crippen LogP contribution in [0, 0.1) is 0 Å². The minimum Gasteiger partial charge on any atom is -0.306 e. The predicted molar refractivity (Wildman–Crippen MR) is 39.8 cm³/mol. The second-order valence-electron chi connectivity index (χ2n) is 2.34. The predicted octanol–water partition coefficient (Wildman–Crippen LogP) is -0.0843. The van der Waals surface area contributed by atoms with Crippen LogP contribution in [0.4, 0.5) is 0 Å². The SMILES string of the molecule is C=CC[N+]1CCNCC1. The van der Waals surface area contributed by atoms with Crippen molar-refractivity contribution in [2.24, 2.45) is 0 Å². The molecule has 1 heterocycles. The van der Waals surface area contributed by atoms with Crippen LogP contribution in [0.15, 0.2) is 12.7 Å². The highest BCUT2D eigenvalue weighted by Crippen LogP contribution is 1.85. The first kappa shape index (κ1) is 6.78. The number of piperazine rings is 1. The van der Waals surface area contributed by atoms with Crippen LogP contribution >= 0.6 is 0 Å². The Labute approximate surface area is 56.5 Å². The Morgan fingerprint density at radius 3 is 2.67 bits per heavy atom. The third kappa shape index (κ3) is 2.16. The molecule has 0 aromatic rings. The monoisotopic (exact) mass is 126 g/mol. The summed E-state index contributed by atoms with van der Waals surface area (Å²) in [6, 6.07) is 0. The summed E-state index contributed by atoms with van der Waals surface area (Å²) in [6.07, 6.45) is 1.96. The fourth-order valence-electron chi connectivity index (χ4n) is 1.08.